The van der Waals surface area contributed by atoms with Gasteiger partial charge in [0.15, 0.2) is 0 Å². The molecule has 0 N–H and O–H groups in total. The molecule has 1 fully saturated rings. The Kier molecular flexibility index (Phi) is 5.33. The highest BCUT2D eigenvalue weighted by Crippen LogP contribution is 2.28. The summed E-state index contributed by atoms with van der Waals surface area (Å²) in [4.78, 5) is 22.0. The monoisotopic (exact) mass is 363 g/mol. The van der Waals surface area contributed by atoms with Crippen LogP contribution in [-0.4, -0.2) is 53.6 Å². The van der Waals surface area contributed by atoms with Crippen LogP contribution in [0.5, 0.6) is 0 Å². The maximum atomic E-state index is 12.3. The molecule has 0 saturated carbocycles. The van der Waals surface area contributed by atoms with Crippen LogP contribution in [0.1, 0.15) is 18.4 Å². The summed E-state index contributed by atoms with van der Waals surface area (Å²) < 4.78 is 0. The Bertz CT molecular complexity index is 765. The van der Waals surface area contributed by atoms with Crippen molar-refractivity contribution in [3.8, 4) is 0 Å². The van der Waals surface area contributed by atoms with Gasteiger partial charge in [0.2, 0.25) is 5.91 Å². The summed E-state index contributed by atoms with van der Waals surface area (Å²) in [5, 5.41) is 1.62. The number of aromatic nitrogens is 1. The van der Waals surface area contributed by atoms with E-state index in [2.05, 4.69) is 34.1 Å². The number of hydrogen-bond acceptors (Lipinski definition) is 4. The maximum Gasteiger partial charge on any atom is 0.239 e. The lowest BCUT2D eigenvalue weighted by molar-refractivity contribution is -0.133. The number of fused-ring (bicyclic) bond motifs is 1. The number of likely N-dealkylation sites (N-methyl/N-ethyl adjacent to an activating group) is 1. The Hall–Kier alpha value is -1.30. The first-order valence-corrected chi connectivity index (χ1v) is 9.68. The Morgan fingerprint density at radius 3 is 2.92 bits per heavy atom. The second kappa shape index (κ2) is 7.30. The molecular formula is C18H22ClN3OS. The standard InChI is InChI=1S/C18H22ClN3OS/c1-21(2)18(23)16-5-4-8-22(16)11-13-9-12-6-7-14(24-3)10-15(12)20-17(13)19/h6-7,9-10,16H,4-5,8,11H2,1-3H3. The summed E-state index contributed by atoms with van der Waals surface area (Å²) in [5.41, 5.74) is 1.90. The van der Waals surface area contributed by atoms with Gasteiger partial charge in [-0.3, -0.25) is 9.69 Å². The van der Waals surface area contributed by atoms with Crippen LogP contribution in [0.15, 0.2) is 29.2 Å². The molecule has 6 heteroatoms. The van der Waals surface area contributed by atoms with E-state index >= 15 is 0 Å². The smallest absolute Gasteiger partial charge is 0.239 e. The van der Waals surface area contributed by atoms with Gasteiger partial charge in [-0.2, -0.15) is 0 Å². The number of likely N-dealkylation sites (tertiary alicyclic amines) is 1. The van der Waals surface area contributed by atoms with Crippen molar-refractivity contribution in [3.05, 3.63) is 35.0 Å². The van der Waals surface area contributed by atoms with Crippen molar-refractivity contribution in [3.63, 3.8) is 0 Å². The molecule has 1 aliphatic rings. The number of pyridine rings is 1. The van der Waals surface area contributed by atoms with Crippen LogP contribution in [0.2, 0.25) is 5.15 Å². The van der Waals surface area contributed by atoms with Crippen molar-refractivity contribution in [1.29, 1.82) is 0 Å². The number of benzene rings is 1. The maximum absolute atomic E-state index is 12.3. The van der Waals surface area contributed by atoms with E-state index in [1.807, 2.05) is 20.4 Å². The molecule has 1 unspecified atom stereocenters. The molecule has 2 heterocycles. The molecule has 1 saturated heterocycles. The van der Waals surface area contributed by atoms with Crippen molar-refractivity contribution in [2.75, 3.05) is 26.9 Å². The van der Waals surface area contributed by atoms with Crippen LogP contribution in [0, 0.1) is 0 Å². The van der Waals surface area contributed by atoms with Crippen LogP contribution in [0.4, 0.5) is 0 Å². The fourth-order valence-electron chi connectivity index (χ4n) is 3.22. The lowest BCUT2D eigenvalue weighted by Gasteiger charge is -2.26. The highest BCUT2D eigenvalue weighted by Gasteiger charge is 2.32. The van der Waals surface area contributed by atoms with E-state index < -0.39 is 0 Å². The number of thioether (sulfide) groups is 1. The van der Waals surface area contributed by atoms with E-state index in [0.717, 1.165) is 35.9 Å². The minimum Gasteiger partial charge on any atom is -0.347 e. The van der Waals surface area contributed by atoms with Gasteiger partial charge in [-0.15, -0.1) is 11.8 Å². The zero-order valence-corrected chi connectivity index (χ0v) is 15.8. The zero-order valence-electron chi connectivity index (χ0n) is 14.3. The topological polar surface area (TPSA) is 36.4 Å². The van der Waals surface area contributed by atoms with Crippen molar-refractivity contribution in [2.24, 2.45) is 0 Å². The van der Waals surface area contributed by atoms with Gasteiger partial charge in [-0.25, -0.2) is 4.98 Å². The highest BCUT2D eigenvalue weighted by atomic mass is 35.5. The predicted octanol–water partition coefficient (Wildman–Crippen LogP) is 3.66. The third-order valence-corrected chi connectivity index (χ3v) is 5.57. The lowest BCUT2D eigenvalue weighted by Crippen LogP contribution is -2.42. The molecule has 1 atom stereocenters. The zero-order chi connectivity index (χ0) is 17.3. The van der Waals surface area contributed by atoms with Gasteiger partial charge < -0.3 is 4.90 Å². The number of carbonyl (C=O) groups is 1. The van der Waals surface area contributed by atoms with E-state index in [0.29, 0.717) is 11.7 Å². The van der Waals surface area contributed by atoms with Gasteiger partial charge in [0.05, 0.1) is 11.6 Å². The minimum atomic E-state index is -0.0503. The number of nitrogens with zero attached hydrogens (tertiary/aromatic N) is 3. The van der Waals surface area contributed by atoms with Crippen LogP contribution >= 0.6 is 23.4 Å². The van der Waals surface area contributed by atoms with Crippen LogP contribution in [0.25, 0.3) is 10.9 Å². The van der Waals surface area contributed by atoms with Crippen molar-refractivity contribution in [1.82, 2.24) is 14.8 Å². The molecule has 4 nitrogen and oxygen atoms in total. The summed E-state index contributed by atoms with van der Waals surface area (Å²) in [6.45, 7) is 1.58. The van der Waals surface area contributed by atoms with Gasteiger partial charge in [0.1, 0.15) is 5.15 Å². The quantitative estimate of drug-likeness (QED) is 0.613. The Balaban J connectivity index is 1.86. The van der Waals surface area contributed by atoms with Crippen LogP contribution < -0.4 is 0 Å². The van der Waals surface area contributed by atoms with Crippen molar-refractivity contribution in [2.45, 2.75) is 30.3 Å². The SMILES string of the molecule is CSc1ccc2cc(CN3CCCC3C(=O)N(C)C)c(Cl)nc2c1. The Morgan fingerprint density at radius 1 is 1.42 bits per heavy atom. The number of halogens is 1. The van der Waals surface area contributed by atoms with E-state index in [1.165, 1.54) is 4.90 Å². The average molecular weight is 364 g/mol. The van der Waals surface area contributed by atoms with E-state index in [1.54, 1.807) is 16.7 Å². The van der Waals surface area contributed by atoms with Crippen molar-refractivity contribution < 1.29 is 4.79 Å². The molecule has 3 rings (SSSR count). The highest BCUT2D eigenvalue weighted by molar-refractivity contribution is 7.98. The second-order valence-electron chi connectivity index (χ2n) is 6.36. The molecule has 0 radical (unpaired) electrons. The molecule has 1 aromatic heterocycles. The first-order valence-electron chi connectivity index (χ1n) is 8.08. The largest absolute Gasteiger partial charge is 0.347 e. The van der Waals surface area contributed by atoms with E-state index in [9.17, 15) is 4.79 Å². The Morgan fingerprint density at radius 2 is 2.21 bits per heavy atom. The van der Waals surface area contributed by atoms with E-state index in [4.69, 9.17) is 11.6 Å². The predicted molar refractivity (Wildman–Crippen MR) is 101 cm³/mol. The van der Waals surface area contributed by atoms with Gasteiger partial charge in [0, 0.05) is 36.5 Å². The van der Waals surface area contributed by atoms with Crippen LogP contribution in [-0.2, 0) is 11.3 Å². The lowest BCUT2D eigenvalue weighted by atomic mass is 10.1. The summed E-state index contributed by atoms with van der Waals surface area (Å²) in [5.74, 6) is 0.169. The third-order valence-electron chi connectivity index (χ3n) is 4.51. The van der Waals surface area contributed by atoms with Gasteiger partial charge >= 0.3 is 0 Å². The molecule has 0 spiro atoms. The molecule has 24 heavy (non-hydrogen) atoms. The Labute approximate surface area is 152 Å². The molecule has 1 aromatic carbocycles. The number of carbonyl (C=O) groups excluding carboxylic acids is 1. The van der Waals surface area contributed by atoms with Crippen LogP contribution in [0.3, 0.4) is 0 Å². The molecule has 0 aliphatic carbocycles. The second-order valence-corrected chi connectivity index (χ2v) is 7.60. The molecule has 2 aromatic rings. The first-order chi connectivity index (χ1) is 11.5. The summed E-state index contributed by atoms with van der Waals surface area (Å²) in [7, 11) is 3.62. The van der Waals surface area contributed by atoms with E-state index in [-0.39, 0.29) is 11.9 Å². The van der Waals surface area contributed by atoms with Gasteiger partial charge in [-0.1, -0.05) is 17.7 Å². The van der Waals surface area contributed by atoms with Gasteiger partial charge in [0.25, 0.3) is 0 Å². The molecular weight excluding hydrogens is 342 g/mol. The number of rotatable bonds is 4. The average Bonchev–Trinajstić information content (AvgIpc) is 3.02. The number of amides is 1. The summed E-state index contributed by atoms with van der Waals surface area (Å²) in [6.07, 6.45) is 4.00. The summed E-state index contributed by atoms with van der Waals surface area (Å²) >= 11 is 8.12. The number of hydrogen-bond donors (Lipinski definition) is 0. The molecule has 0 bridgehead atoms. The molecule has 1 aliphatic heterocycles. The molecule has 128 valence electrons. The minimum absolute atomic E-state index is 0.0503. The normalized spacial score (nSPS) is 18.2. The van der Waals surface area contributed by atoms with Crippen molar-refractivity contribution >= 4 is 40.2 Å². The van der Waals surface area contributed by atoms with Gasteiger partial charge in [-0.05, 0) is 43.8 Å². The first kappa shape index (κ1) is 17.5. The third kappa shape index (κ3) is 3.53. The fourth-order valence-corrected chi connectivity index (χ4v) is 3.86. The summed E-state index contributed by atoms with van der Waals surface area (Å²) in [6, 6.07) is 8.29. The fraction of sp³-hybridized carbons (Fsp3) is 0.444. The molecule has 1 amide bonds.